The summed E-state index contributed by atoms with van der Waals surface area (Å²) in [5.41, 5.74) is 0.262. The second kappa shape index (κ2) is 10.7. The predicted molar refractivity (Wildman–Crippen MR) is 118 cm³/mol. The van der Waals surface area contributed by atoms with Crippen molar-refractivity contribution in [2.45, 2.75) is 77.7 Å². The standard InChI is InChI=1S/C19H33N5O3.HI/c1-5-25-13(3)17-23-16(27-24-17)12-21-18(20-4)22-14-11-15(26-6-2)19(14)9-7-8-10-19;/h13-15H,5-12H2,1-4H3,(H2,20,21,22);1H. The lowest BCUT2D eigenvalue weighted by Gasteiger charge is -2.54. The van der Waals surface area contributed by atoms with Gasteiger partial charge in [0.1, 0.15) is 6.10 Å². The quantitative estimate of drug-likeness (QED) is 0.317. The van der Waals surface area contributed by atoms with Crippen molar-refractivity contribution in [2.75, 3.05) is 20.3 Å². The van der Waals surface area contributed by atoms with Crippen LogP contribution < -0.4 is 10.6 Å². The number of nitrogens with zero attached hydrogens (tertiary/aromatic N) is 3. The Balaban J connectivity index is 0.00000280. The molecule has 0 radical (unpaired) electrons. The van der Waals surface area contributed by atoms with Gasteiger partial charge in [-0.15, -0.1) is 24.0 Å². The Morgan fingerprint density at radius 3 is 2.71 bits per heavy atom. The molecule has 2 aliphatic rings. The number of nitrogens with one attached hydrogen (secondary N) is 2. The summed E-state index contributed by atoms with van der Waals surface area (Å²) in [6.07, 6.45) is 6.28. The molecule has 3 rings (SSSR count). The van der Waals surface area contributed by atoms with Crippen LogP contribution in [0, 0.1) is 5.41 Å². The molecule has 0 amide bonds. The van der Waals surface area contributed by atoms with E-state index >= 15 is 0 Å². The Morgan fingerprint density at radius 1 is 1.32 bits per heavy atom. The van der Waals surface area contributed by atoms with E-state index in [0.717, 1.165) is 19.0 Å². The molecule has 0 aliphatic heterocycles. The Bertz CT molecular complexity index is 633. The van der Waals surface area contributed by atoms with Crippen LogP contribution in [0.2, 0.25) is 0 Å². The Kier molecular flexibility index (Phi) is 8.94. The summed E-state index contributed by atoms with van der Waals surface area (Å²) in [7, 11) is 1.78. The molecule has 160 valence electrons. The summed E-state index contributed by atoms with van der Waals surface area (Å²) < 4.78 is 16.8. The summed E-state index contributed by atoms with van der Waals surface area (Å²) in [6, 6.07) is 0.402. The molecule has 1 spiro atoms. The first-order valence-electron chi connectivity index (χ1n) is 10.2. The van der Waals surface area contributed by atoms with Gasteiger partial charge < -0.3 is 24.6 Å². The largest absolute Gasteiger partial charge is 0.378 e. The Morgan fingerprint density at radius 2 is 2.07 bits per heavy atom. The highest BCUT2D eigenvalue weighted by Gasteiger charge is 2.56. The Labute approximate surface area is 184 Å². The number of hydrogen-bond donors (Lipinski definition) is 2. The van der Waals surface area contributed by atoms with Crippen molar-refractivity contribution in [1.82, 2.24) is 20.8 Å². The molecule has 28 heavy (non-hydrogen) atoms. The van der Waals surface area contributed by atoms with Crippen LogP contribution >= 0.6 is 24.0 Å². The van der Waals surface area contributed by atoms with Crippen molar-refractivity contribution in [3.8, 4) is 0 Å². The first-order valence-corrected chi connectivity index (χ1v) is 10.2. The van der Waals surface area contributed by atoms with E-state index in [0.29, 0.717) is 37.0 Å². The fourth-order valence-electron chi connectivity index (χ4n) is 4.44. The number of aliphatic imine (C=N–C) groups is 1. The average Bonchev–Trinajstić information content (AvgIpc) is 3.35. The van der Waals surface area contributed by atoms with Gasteiger partial charge in [0.15, 0.2) is 11.8 Å². The van der Waals surface area contributed by atoms with Gasteiger partial charge in [-0.25, -0.2) is 0 Å². The van der Waals surface area contributed by atoms with Crippen LogP contribution in [0.4, 0.5) is 0 Å². The molecule has 3 unspecified atom stereocenters. The fourth-order valence-corrected chi connectivity index (χ4v) is 4.44. The number of rotatable bonds is 8. The second-order valence-electron chi connectivity index (χ2n) is 7.39. The molecular weight excluding hydrogens is 473 g/mol. The van der Waals surface area contributed by atoms with Gasteiger partial charge in [0, 0.05) is 31.7 Å². The van der Waals surface area contributed by atoms with Gasteiger partial charge in [0.25, 0.3) is 0 Å². The van der Waals surface area contributed by atoms with Crippen LogP contribution in [0.15, 0.2) is 9.52 Å². The van der Waals surface area contributed by atoms with Crippen molar-refractivity contribution in [2.24, 2.45) is 10.4 Å². The zero-order valence-corrected chi connectivity index (χ0v) is 19.7. The molecule has 2 fully saturated rings. The fraction of sp³-hybridized carbons (Fsp3) is 0.842. The van der Waals surface area contributed by atoms with Crippen LogP contribution in [-0.2, 0) is 16.0 Å². The lowest BCUT2D eigenvalue weighted by molar-refractivity contribution is -0.125. The predicted octanol–water partition coefficient (Wildman–Crippen LogP) is 3.19. The van der Waals surface area contributed by atoms with E-state index in [2.05, 4.69) is 32.7 Å². The molecule has 2 aliphatic carbocycles. The number of aromatic nitrogens is 2. The maximum absolute atomic E-state index is 5.99. The molecule has 1 aromatic heterocycles. The van der Waals surface area contributed by atoms with E-state index in [1.165, 1.54) is 25.7 Å². The van der Waals surface area contributed by atoms with Crippen molar-refractivity contribution in [1.29, 1.82) is 0 Å². The first-order chi connectivity index (χ1) is 13.1. The maximum atomic E-state index is 5.99. The van der Waals surface area contributed by atoms with Gasteiger partial charge in [0.2, 0.25) is 5.89 Å². The summed E-state index contributed by atoms with van der Waals surface area (Å²) in [6.45, 7) is 7.77. The molecular formula is C19H34IN5O3. The molecule has 8 nitrogen and oxygen atoms in total. The van der Waals surface area contributed by atoms with Crippen molar-refractivity contribution in [3.63, 3.8) is 0 Å². The monoisotopic (exact) mass is 507 g/mol. The zero-order chi connectivity index (χ0) is 19.3. The topological polar surface area (TPSA) is 93.8 Å². The summed E-state index contributed by atoms with van der Waals surface area (Å²) in [5, 5.41) is 10.9. The van der Waals surface area contributed by atoms with Gasteiger partial charge in [-0.05, 0) is 40.0 Å². The molecule has 0 aromatic carbocycles. The second-order valence-corrected chi connectivity index (χ2v) is 7.39. The van der Waals surface area contributed by atoms with Gasteiger partial charge in [-0.3, -0.25) is 4.99 Å². The number of halogens is 1. The highest BCUT2D eigenvalue weighted by atomic mass is 127. The normalized spacial score (nSPS) is 24.5. The van der Waals surface area contributed by atoms with E-state index in [-0.39, 0.29) is 35.5 Å². The third kappa shape index (κ3) is 4.96. The van der Waals surface area contributed by atoms with Crippen molar-refractivity contribution < 1.29 is 14.0 Å². The number of hydrogen-bond acceptors (Lipinski definition) is 6. The van der Waals surface area contributed by atoms with Crippen molar-refractivity contribution >= 4 is 29.9 Å². The van der Waals surface area contributed by atoms with E-state index < -0.39 is 0 Å². The van der Waals surface area contributed by atoms with E-state index in [4.69, 9.17) is 14.0 Å². The molecule has 2 N–H and O–H groups in total. The molecule has 0 saturated heterocycles. The molecule has 0 bridgehead atoms. The smallest absolute Gasteiger partial charge is 0.246 e. The molecule has 2 saturated carbocycles. The summed E-state index contributed by atoms with van der Waals surface area (Å²) >= 11 is 0. The van der Waals surface area contributed by atoms with E-state index in [9.17, 15) is 0 Å². The van der Waals surface area contributed by atoms with Gasteiger partial charge >= 0.3 is 0 Å². The van der Waals surface area contributed by atoms with Crippen LogP contribution in [0.25, 0.3) is 0 Å². The zero-order valence-electron chi connectivity index (χ0n) is 17.4. The summed E-state index contributed by atoms with van der Waals surface area (Å²) in [4.78, 5) is 8.75. The van der Waals surface area contributed by atoms with Gasteiger partial charge in [0.05, 0.1) is 12.6 Å². The average molecular weight is 507 g/mol. The maximum Gasteiger partial charge on any atom is 0.246 e. The van der Waals surface area contributed by atoms with Gasteiger partial charge in [-0.1, -0.05) is 18.0 Å². The minimum Gasteiger partial charge on any atom is -0.378 e. The molecule has 9 heteroatoms. The minimum absolute atomic E-state index is 0. The van der Waals surface area contributed by atoms with Crippen LogP contribution in [0.1, 0.15) is 70.7 Å². The van der Waals surface area contributed by atoms with Crippen LogP contribution in [-0.4, -0.2) is 48.5 Å². The highest BCUT2D eigenvalue weighted by molar-refractivity contribution is 14.0. The van der Waals surface area contributed by atoms with E-state index in [1.54, 1.807) is 7.05 Å². The lowest BCUT2D eigenvalue weighted by Crippen LogP contribution is -2.65. The molecule has 3 atom stereocenters. The lowest BCUT2D eigenvalue weighted by atomic mass is 9.60. The van der Waals surface area contributed by atoms with Crippen LogP contribution in [0.5, 0.6) is 0 Å². The van der Waals surface area contributed by atoms with Gasteiger partial charge in [-0.2, -0.15) is 4.98 Å². The third-order valence-electron chi connectivity index (χ3n) is 5.89. The minimum atomic E-state index is -0.169. The van der Waals surface area contributed by atoms with E-state index in [1.807, 2.05) is 13.8 Å². The third-order valence-corrected chi connectivity index (χ3v) is 5.89. The number of guanidine groups is 1. The highest BCUT2D eigenvalue weighted by Crippen LogP contribution is 2.54. The summed E-state index contributed by atoms with van der Waals surface area (Å²) in [5.74, 6) is 1.86. The molecule has 1 aromatic rings. The SMILES string of the molecule is CCOC(C)c1noc(CNC(=NC)NC2CC(OCC)C23CCCC3)n1.I. The molecule has 1 heterocycles. The Hall–Kier alpha value is -0.940. The first kappa shape index (κ1) is 23.3. The van der Waals surface area contributed by atoms with Crippen molar-refractivity contribution in [3.05, 3.63) is 11.7 Å². The van der Waals surface area contributed by atoms with Crippen LogP contribution in [0.3, 0.4) is 0 Å². The number of ether oxygens (including phenoxy) is 2.